The molecule has 1 saturated heterocycles. The highest BCUT2D eigenvalue weighted by molar-refractivity contribution is 5.83. The third kappa shape index (κ3) is 4.39. The Morgan fingerprint density at radius 2 is 1.79 bits per heavy atom. The molecule has 0 N–H and O–H groups in total. The Morgan fingerprint density at radius 3 is 2.61 bits per heavy atom. The summed E-state index contributed by atoms with van der Waals surface area (Å²) in [6.07, 6.45) is 0.379. The summed E-state index contributed by atoms with van der Waals surface area (Å²) in [6, 6.07) is 17.7. The smallest absolute Gasteiger partial charge is 0.265 e. The van der Waals surface area contributed by atoms with Crippen molar-refractivity contribution in [2.45, 2.75) is 12.5 Å². The third-order valence-electron chi connectivity index (χ3n) is 5.04. The van der Waals surface area contributed by atoms with Crippen molar-refractivity contribution >= 4 is 11.6 Å². The number of nitrogens with zero attached hydrogens (tertiary/aromatic N) is 2. The van der Waals surface area contributed by atoms with E-state index < -0.39 is 6.10 Å². The third-order valence-corrected chi connectivity index (χ3v) is 5.04. The van der Waals surface area contributed by atoms with Crippen LogP contribution in [0.3, 0.4) is 0 Å². The number of carbonyl (C=O) groups is 1. The molecule has 0 radical (unpaired) electrons. The largest absolute Gasteiger partial charge is 0.494 e. The van der Waals surface area contributed by atoms with Crippen molar-refractivity contribution in [3.63, 3.8) is 0 Å². The molecule has 2 aromatic carbocycles. The molecule has 1 unspecified atom stereocenters. The number of anilines is 1. The predicted molar refractivity (Wildman–Crippen MR) is 107 cm³/mol. The van der Waals surface area contributed by atoms with E-state index in [-0.39, 0.29) is 5.91 Å². The van der Waals surface area contributed by atoms with Crippen molar-refractivity contribution in [2.24, 2.45) is 0 Å². The van der Waals surface area contributed by atoms with Crippen LogP contribution in [-0.2, 0) is 9.53 Å². The minimum absolute atomic E-state index is 0.0448. The molecule has 2 heterocycles. The van der Waals surface area contributed by atoms with Crippen LogP contribution in [0.25, 0.3) is 0 Å². The number of benzene rings is 2. The maximum Gasteiger partial charge on any atom is 0.265 e. The molecule has 6 nitrogen and oxygen atoms in total. The highest BCUT2D eigenvalue weighted by Gasteiger charge is 2.33. The van der Waals surface area contributed by atoms with Gasteiger partial charge in [-0.3, -0.25) is 4.79 Å². The summed E-state index contributed by atoms with van der Waals surface area (Å²) in [5.74, 6) is 1.69. The van der Waals surface area contributed by atoms with Crippen LogP contribution in [0.1, 0.15) is 6.42 Å². The van der Waals surface area contributed by atoms with Crippen LogP contribution in [0.2, 0.25) is 0 Å². The highest BCUT2D eigenvalue weighted by Crippen LogP contribution is 2.33. The number of morpholine rings is 1. The van der Waals surface area contributed by atoms with Gasteiger partial charge in [-0.1, -0.05) is 30.3 Å². The van der Waals surface area contributed by atoms with Gasteiger partial charge in [-0.2, -0.15) is 0 Å². The van der Waals surface area contributed by atoms with Crippen LogP contribution in [0, 0.1) is 0 Å². The van der Waals surface area contributed by atoms with E-state index in [0.29, 0.717) is 39.5 Å². The maximum absolute atomic E-state index is 12.9. The molecular formula is C22H26N2O4. The zero-order valence-electron chi connectivity index (χ0n) is 16.0. The van der Waals surface area contributed by atoms with Gasteiger partial charge in [-0.25, -0.2) is 0 Å². The molecule has 0 aliphatic carbocycles. The van der Waals surface area contributed by atoms with Crippen molar-refractivity contribution < 1.29 is 19.0 Å². The van der Waals surface area contributed by atoms with Gasteiger partial charge in [0, 0.05) is 19.6 Å². The quantitative estimate of drug-likeness (QED) is 0.719. The Balaban J connectivity index is 1.38. The SMILES string of the molecule is O=C(C1CN(CCCOc2ccccc2)c2ccccc2O1)N1CCOCC1. The second-order valence-electron chi connectivity index (χ2n) is 6.97. The summed E-state index contributed by atoms with van der Waals surface area (Å²) in [7, 11) is 0. The Kier molecular flexibility index (Phi) is 5.97. The number of carbonyl (C=O) groups excluding carboxylic acids is 1. The number of hydrogen-bond donors (Lipinski definition) is 0. The molecule has 2 aliphatic heterocycles. The first-order valence-electron chi connectivity index (χ1n) is 9.86. The molecule has 2 aromatic rings. The number of ether oxygens (including phenoxy) is 3. The summed E-state index contributed by atoms with van der Waals surface area (Å²) < 4.78 is 17.2. The van der Waals surface area contributed by atoms with E-state index in [1.165, 1.54) is 0 Å². The van der Waals surface area contributed by atoms with Crippen LogP contribution in [0.4, 0.5) is 5.69 Å². The number of rotatable bonds is 6. The van der Waals surface area contributed by atoms with Gasteiger partial charge < -0.3 is 24.0 Å². The normalized spacial score (nSPS) is 18.9. The van der Waals surface area contributed by atoms with Gasteiger partial charge in [0.15, 0.2) is 6.10 Å². The van der Waals surface area contributed by atoms with Gasteiger partial charge in [-0.15, -0.1) is 0 Å². The summed E-state index contributed by atoms with van der Waals surface area (Å²) >= 11 is 0. The lowest BCUT2D eigenvalue weighted by Crippen LogP contribution is -2.53. The average molecular weight is 382 g/mol. The highest BCUT2D eigenvalue weighted by atomic mass is 16.5. The monoisotopic (exact) mass is 382 g/mol. The molecule has 2 aliphatic rings. The first kappa shape index (κ1) is 18.6. The average Bonchev–Trinajstić information content (AvgIpc) is 2.77. The Hall–Kier alpha value is -2.73. The molecule has 0 aromatic heterocycles. The Morgan fingerprint density at radius 1 is 1.04 bits per heavy atom. The van der Waals surface area contributed by atoms with Gasteiger partial charge in [0.2, 0.25) is 0 Å². The molecule has 28 heavy (non-hydrogen) atoms. The molecule has 0 spiro atoms. The van der Waals surface area contributed by atoms with Gasteiger partial charge >= 0.3 is 0 Å². The van der Waals surface area contributed by atoms with Crippen molar-refractivity contribution in [1.29, 1.82) is 0 Å². The Labute approximate surface area is 165 Å². The van der Waals surface area contributed by atoms with Crippen molar-refractivity contribution in [1.82, 2.24) is 4.90 Å². The molecular weight excluding hydrogens is 356 g/mol. The van der Waals surface area contributed by atoms with Crippen molar-refractivity contribution in [2.75, 3.05) is 50.9 Å². The van der Waals surface area contributed by atoms with Crippen LogP contribution >= 0.6 is 0 Å². The van der Waals surface area contributed by atoms with Crippen molar-refractivity contribution in [3.8, 4) is 11.5 Å². The van der Waals surface area contributed by atoms with E-state index in [9.17, 15) is 4.79 Å². The zero-order chi connectivity index (χ0) is 19.2. The fourth-order valence-electron chi connectivity index (χ4n) is 3.60. The van der Waals surface area contributed by atoms with E-state index >= 15 is 0 Å². The second kappa shape index (κ2) is 8.97. The molecule has 0 saturated carbocycles. The van der Waals surface area contributed by atoms with Crippen LogP contribution in [-0.4, -0.2) is 62.9 Å². The van der Waals surface area contributed by atoms with E-state index in [2.05, 4.69) is 4.90 Å². The lowest BCUT2D eigenvalue weighted by Gasteiger charge is -2.38. The van der Waals surface area contributed by atoms with E-state index in [1.54, 1.807) is 0 Å². The number of hydrogen-bond acceptors (Lipinski definition) is 5. The first-order chi connectivity index (χ1) is 13.8. The molecule has 0 bridgehead atoms. The molecule has 1 atom stereocenters. The minimum Gasteiger partial charge on any atom is -0.494 e. The van der Waals surface area contributed by atoms with E-state index in [1.807, 2.05) is 59.5 Å². The summed E-state index contributed by atoms with van der Waals surface area (Å²) in [4.78, 5) is 17.0. The lowest BCUT2D eigenvalue weighted by molar-refractivity contribution is -0.142. The van der Waals surface area contributed by atoms with Crippen LogP contribution in [0.15, 0.2) is 54.6 Å². The minimum atomic E-state index is -0.483. The zero-order valence-corrected chi connectivity index (χ0v) is 16.0. The van der Waals surface area contributed by atoms with Gasteiger partial charge in [0.05, 0.1) is 32.1 Å². The lowest BCUT2D eigenvalue weighted by atomic mass is 10.1. The maximum atomic E-state index is 12.9. The fraction of sp³-hybridized carbons (Fsp3) is 0.409. The predicted octanol–water partition coefficient (Wildman–Crippen LogP) is 2.58. The molecule has 1 fully saturated rings. The Bertz CT molecular complexity index is 777. The fourth-order valence-corrected chi connectivity index (χ4v) is 3.60. The van der Waals surface area contributed by atoms with Gasteiger partial charge in [0.1, 0.15) is 11.5 Å². The number of fused-ring (bicyclic) bond motifs is 1. The number of amides is 1. The van der Waals surface area contributed by atoms with Gasteiger partial charge in [0.25, 0.3) is 5.91 Å². The van der Waals surface area contributed by atoms with Crippen LogP contribution in [0.5, 0.6) is 11.5 Å². The number of para-hydroxylation sites is 3. The topological polar surface area (TPSA) is 51.2 Å². The molecule has 148 valence electrons. The first-order valence-corrected chi connectivity index (χ1v) is 9.86. The summed E-state index contributed by atoms with van der Waals surface area (Å²) in [5.41, 5.74) is 1.04. The van der Waals surface area contributed by atoms with Crippen LogP contribution < -0.4 is 14.4 Å². The molecule has 1 amide bonds. The standard InChI is InChI=1S/C22H26N2O4/c25-22(23-12-15-26-16-13-23)21-17-24(19-9-4-5-10-20(19)28-21)11-6-14-27-18-7-2-1-3-8-18/h1-5,7-10,21H,6,11-17H2. The van der Waals surface area contributed by atoms with Crippen molar-refractivity contribution in [3.05, 3.63) is 54.6 Å². The van der Waals surface area contributed by atoms with Gasteiger partial charge in [-0.05, 0) is 30.7 Å². The summed E-state index contributed by atoms with van der Waals surface area (Å²) in [6.45, 7) is 4.44. The molecule has 6 heteroatoms. The van der Waals surface area contributed by atoms with E-state index in [0.717, 1.165) is 30.2 Å². The molecule has 4 rings (SSSR count). The van der Waals surface area contributed by atoms with E-state index in [4.69, 9.17) is 14.2 Å². The summed E-state index contributed by atoms with van der Waals surface area (Å²) in [5, 5.41) is 0. The second-order valence-corrected chi connectivity index (χ2v) is 6.97.